The van der Waals surface area contributed by atoms with Gasteiger partial charge in [-0.15, -0.1) is 0 Å². The van der Waals surface area contributed by atoms with Crippen molar-refractivity contribution in [1.82, 2.24) is 0 Å². The Morgan fingerprint density at radius 3 is 0.985 bits per heavy atom. The van der Waals surface area contributed by atoms with Gasteiger partial charge in [-0.05, 0) is 96.3 Å². The summed E-state index contributed by atoms with van der Waals surface area (Å²) in [5, 5.41) is 0. The SMILES string of the molecule is CCCCC/C=C\C/C=C\C/C=C\C/C=C\C/C=C\CCC(=O)OC[C@H](COC(=O)CCC/C=C\C/C=C\C/C=C\C/C=C\CCCCC)OC(=O)CCCCCCCCCCCCCC. The van der Waals surface area contributed by atoms with Gasteiger partial charge in [0.2, 0.25) is 0 Å². The molecule has 0 aliphatic rings. The fourth-order valence-electron chi connectivity index (χ4n) is 6.95. The van der Waals surface area contributed by atoms with Crippen LogP contribution in [0.25, 0.3) is 0 Å². The van der Waals surface area contributed by atoms with Crippen LogP contribution < -0.4 is 0 Å². The van der Waals surface area contributed by atoms with E-state index in [1.54, 1.807) is 0 Å². The fourth-order valence-corrected chi connectivity index (χ4v) is 6.95. The second-order valence-corrected chi connectivity index (χ2v) is 17.4. The first-order valence-electron chi connectivity index (χ1n) is 26.9. The van der Waals surface area contributed by atoms with Crippen molar-refractivity contribution in [3.8, 4) is 0 Å². The van der Waals surface area contributed by atoms with Crippen molar-refractivity contribution in [1.29, 1.82) is 0 Å². The minimum absolute atomic E-state index is 0.129. The van der Waals surface area contributed by atoms with E-state index >= 15 is 0 Å². The Bertz CT molecular complexity index is 1370. The van der Waals surface area contributed by atoms with Crippen LogP contribution in [-0.2, 0) is 28.6 Å². The largest absolute Gasteiger partial charge is 0.462 e. The third kappa shape index (κ3) is 51.1. The molecule has 0 radical (unpaired) electrons. The molecular formula is C60H98O6. The summed E-state index contributed by atoms with van der Waals surface area (Å²) in [6.07, 6.45) is 72.3. The lowest BCUT2D eigenvalue weighted by atomic mass is 10.0. The molecule has 1 atom stereocenters. The van der Waals surface area contributed by atoms with Gasteiger partial charge >= 0.3 is 17.9 Å². The molecule has 0 aliphatic heterocycles. The summed E-state index contributed by atoms with van der Waals surface area (Å²) >= 11 is 0. The monoisotopic (exact) mass is 915 g/mol. The van der Waals surface area contributed by atoms with Crippen molar-refractivity contribution < 1.29 is 28.6 Å². The molecule has 0 rings (SSSR count). The van der Waals surface area contributed by atoms with Gasteiger partial charge in [-0.2, -0.15) is 0 Å². The number of ether oxygens (including phenoxy) is 3. The van der Waals surface area contributed by atoms with E-state index in [-0.39, 0.29) is 44.0 Å². The van der Waals surface area contributed by atoms with Gasteiger partial charge in [0.25, 0.3) is 0 Å². The number of hydrogen-bond acceptors (Lipinski definition) is 6. The van der Waals surface area contributed by atoms with Crippen molar-refractivity contribution >= 4 is 17.9 Å². The third-order valence-electron chi connectivity index (χ3n) is 11.0. The van der Waals surface area contributed by atoms with Crippen LogP contribution in [0.2, 0.25) is 0 Å². The fraction of sp³-hybridized carbons (Fsp3) is 0.650. The molecular weight excluding hydrogens is 817 g/mol. The minimum atomic E-state index is -0.829. The zero-order chi connectivity index (χ0) is 47.9. The number of rotatable bonds is 47. The van der Waals surface area contributed by atoms with E-state index in [1.165, 1.54) is 109 Å². The van der Waals surface area contributed by atoms with E-state index in [9.17, 15) is 14.4 Å². The molecule has 6 heteroatoms. The van der Waals surface area contributed by atoms with E-state index in [2.05, 4.69) is 124 Å². The van der Waals surface area contributed by atoms with Gasteiger partial charge in [-0.1, -0.05) is 226 Å². The number of carbonyl (C=O) groups is 3. The molecule has 0 spiro atoms. The Morgan fingerprint density at radius 1 is 0.303 bits per heavy atom. The maximum Gasteiger partial charge on any atom is 0.306 e. The molecule has 0 N–H and O–H groups in total. The van der Waals surface area contributed by atoms with Crippen LogP contribution in [0.3, 0.4) is 0 Å². The molecule has 0 bridgehead atoms. The molecule has 0 aromatic rings. The Balaban J connectivity index is 4.57. The number of allylic oxidation sites excluding steroid dienone is 18. The van der Waals surface area contributed by atoms with Crippen molar-refractivity contribution in [2.75, 3.05) is 13.2 Å². The van der Waals surface area contributed by atoms with Gasteiger partial charge in [0.15, 0.2) is 6.10 Å². The van der Waals surface area contributed by atoms with Gasteiger partial charge in [0, 0.05) is 19.3 Å². The number of unbranched alkanes of at least 4 members (excludes halogenated alkanes) is 18. The standard InChI is InChI=1S/C60H98O6/c1-4-7-10-13-16-19-22-25-27-29-30-32-34-36-39-41-44-47-50-53-59(62)65-56-57(66-60(63)54-51-48-45-42-37-24-21-18-15-12-9-6-3)55-64-58(61)52-49-46-43-40-38-35-33-31-28-26-23-20-17-14-11-8-5-2/h16-17,19-20,25-28,30,32-33,35-36,39-40,43-44,47,57H,4-15,18,21-24,29,31,34,37-38,41-42,45-46,48-56H2,1-3H3/b19-16-,20-17-,27-25-,28-26-,32-30-,35-33-,39-36-,43-40-,47-44-/t57-/m0/s1. The molecule has 0 fully saturated rings. The van der Waals surface area contributed by atoms with Gasteiger partial charge in [0.05, 0.1) is 0 Å². The van der Waals surface area contributed by atoms with E-state index in [0.29, 0.717) is 19.3 Å². The zero-order valence-corrected chi connectivity index (χ0v) is 42.7. The molecule has 66 heavy (non-hydrogen) atoms. The minimum Gasteiger partial charge on any atom is -0.462 e. The van der Waals surface area contributed by atoms with E-state index in [1.807, 2.05) is 6.08 Å². The van der Waals surface area contributed by atoms with Crippen LogP contribution in [0.1, 0.15) is 233 Å². The summed E-state index contributed by atoms with van der Waals surface area (Å²) < 4.78 is 16.7. The first-order chi connectivity index (χ1) is 32.5. The lowest BCUT2D eigenvalue weighted by molar-refractivity contribution is -0.166. The van der Waals surface area contributed by atoms with Crippen LogP contribution >= 0.6 is 0 Å². The predicted molar refractivity (Wildman–Crippen MR) is 283 cm³/mol. The molecule has 0 saturated heterocycles. The normalized spacial score (nSPS) is 13.0. The maximum atomic E-state index is 12.8. The summed E-state index contributed by atoms with van der Waals surface area (Å²) in [6.45, 7) is 6.46. The molecule has 0 aromatic heterocycles. The highest BCUT2D eigenvalue weighted by Gasteiger charge is 2.19. The van der Waals surface area contributed by atoms with Gasteiger partial charge in [-0.3, -0.25) is 14.4 Å². The Hall–Kier alpha value is -3.93. The average molecular weight is 915 g/mol. The molecule has 0 saturated carbocycles. The average Bonchev–Trinajstić information content (AvgIpc) is 3.31. The summed E-state index contributed by atoms with van der Waals surface area (Å²) in [7, 11) is 0. The molecule has 0 aromatic carbocycles. The Kier molecular flexibility index (Phi) is 50.5. The quantitative estimate of drug-likeness (QED) is 0.0262. The highest BCUT2D eigenvalue weighted by Crippen LogP contribution is 2.14. The van der Waals surface area contributed by atoms with Crippen LogP contribution in [0, 0.1) is 0 Å². The molecule has 0 heterocycles. The first-order valence-corrected chi connectivity index (χ1v) is 26.9. The highest BCUT2D eigenvalue weighted by molar-refractivity contribution is 5.71. The topological polar surface area (TPSA) is 78.9 Å². The molecule has 0 unspecified atom stereocenters. The number of hydrogen-bond donors (Lipinski definition) is 0. The van der Waals surface area contributed by atoms with Crippen LogP contribution in [0.15, 0.2) is 109 Å². The van der Waals surface area contributed by atoms with Crippen LogP contribution in [0.4, 0.5) is 0 Å². The number of carbonyl (C=O) groups excluding carboxylic acids is 3. The molecule has 374 valence electrons. The zero-order valence-electron chi connectivity index (χ0n) is 42.7. The van der Waals surface area contributed by atoms with Crippen molar-refractivity contribution in [3.63, 3.8) is 0 Å². The second kappa shape index (κ2) is 53.7. The number of esters is 3. The summed E-state index contributed by atoms with van der Waals surface area (Å²) in [5.74, 6) is -1.07. The summed E-state index contributed by atoms with van der Waals surface area (Å²) in [5.41, 5.74) is 0. The van der Waals surface area contributed by atoms with Crippen molar-refractivity contribution in [3.05, 3.63) is 109 Å². The Labute approximate surface area is 406 Å². The predicted octanol–water partition coefficient (Wildman–Crippen LogP) is 17.9. The lowest BCUT2D eigenvalue weighted by Crippen LogP contribution is -2.30. The van der Waals surface area contributed by atoms with E-state index in [0.717, 1.165) is 70.6 Å². The lowest BCUT2D eigenvalue weighted by Gasteiger charge is -2.18. The van der Waals surface area contributed by atoms with Gasteiger partial charge < -0.3 is 14.2 Å². The summed E-state index contributed by atoms with van der Waals surface area (Å²) in [4.78, 5) is 38.0. The van der Waals surface area contributed by atoms with Crippen molar-refractivity contribution in [2.24, 2.45) is 0 Å². The highest BCUT2D eigenvalue weighted by atomic mass is 16.6. The third-order valence-corrected chi connectivity index (χ3v) is 11.0. The van der Waals surface area contributed by atoms with Crippen LogP contribution in [0.5, 0.6) is 0 Å². The van der Waals surface area contributed by atoms with Crippen LogP contribution in [-0.4, -0.2) is 37.2 Å². The first kappa shape index (κ1) is 62.1. The van der Waals surface area contributed by atoms with Gasteiger partial charge in [-0.25, -0.2) is 0 Å². The van der Waals surface area contributed by atoms with E-state index < -0.39 is 6.10 Å². The van der Waals surface area contributed by atoms with Crippen molar-refractivity contribution in [2.45, 2.75) is 239 Å². The maximum absolute atomic E-state index is 12.8. The molecule has 0 amide bonds. The van der Waals surface area contributed by atoms with E-state index in [4.69, 9.17) is 14.2 Å². The second-order valence-electron chi connectivity index (χ2n) is 17.4. The van der Waals surface area contributed by atoms with Gasteiger partial charge in [0.1, 0.15) is 13.2 Å². The Morgan fingerprint density at radius 2 is 0.591 bits per heavy atom. The molecule has 6 nitrogen and oxygen atoms in total. The molecule has 0 aliphatic carbocycles. The summed E-state index contributed by atoms with van der Waals surface area (Å²) in [6, 6.07) is 0. The smallest absolute Gasteiger partial charge is 0.306 e.